The zero-order valence-corrected chi connectivity index (χ0v) is 20.5. The zero-order chi connectivity index (χ0) is 24.8. The van der Waals surface area contributed by atoms with Crippen molar-refractivity contribution in [2.75, 3.05) is 12.3 Å². The van der Waals surface area contributed by atoms with Crippen molar-refractivity contribution >= 4 is 29.6 Å². The summed E-state index contributed by atoms with van der Waals surface area (Å²) in [5.41, 5.74) is 0.891. The highest BCUT2D eigenvalue weighted by Gasteiger charge is 2.22. The normalized spacial score (nSPS) is 12.8. The van der Waals surface area contributed by atoms with Gasteiger partial charge in [-0.25, -0.2) is 4.79 Å². The van der Waals surface area contributed by atoms with Crippen molar-refractivity contribution in [3.05, 3.63) is 60.1 Å². The van der Waals surface area contributed by atoms with Crippen LogP contribution in [-0.2, 0) is 26.7 Å². The van der Waals surface area contributed by atoms with Gasteiger partial charge in [0.05, 0.1) is 23.8 Å². The van der Waals surface area contributed by atoms with Gasteiger partial charge in [-0.3, -0.25) is 9.59 Å². The Morgan fingerprint density at radius 3 is 2.53 bits per heavy atom. The van der Waals surface area contributed by atoms with Crippen LogP contribution < -0.4 is 10.6 Å². The maximum atomic E-state index is 12.8. The number of thioether (sulfide) groups is 1. The molecule has 2 aromatic rings. The molecule has 0 fully saturated rings. The Hall–Kier alpha value is -2.78. The van der Waals surface area contributed by atoms with Crippen molar-refractivity contribution in [1.82, 2.24) is 10.6 Å². The Morgan fingerprint density at radius 1 is 1.12 bits per heavy atom. The number of Topliss-reactive ketones (excluding diaryl/α,β-unsaturated/α-hetero) is 1. The average Bonchev–Trinajstić information content (AvgIpc) is 3.31. The van der Waals surface area contributed by atoms with Gasteiger partial charge in [0.15, 0.2) is 5.78 Å². The molecule has 0 aliphatic rings. The molecule has 0 saturated carbocycles. The van der Waals surface area contributed by atoms with E-state index in [9.17, 15) is 14.4 Å². The lowest BCUT2D eigenvalue weighted by atomic mass is 10.0. The number of carbonyl (C=O) groups excluding carboxylic acids is 2. The van der Waals surface area contributed by atoms with E-state index in [4.69, 9.17) is 14.3 Å². The van der Waals surface area contributed by atoms with Gasteiger partial charge in [-0.05, 0) is 36.5 Å². The fraction of sp³-hybridized carbons (Fsp3) is 0.480. The van der Waals surface area contributed by atoms with Crippen molar-refractivity contribution in [2.24, 2.45) is 5.92 Å². The number of amides is 1. The first-order chi connectivity index (χ1) is 16.3. The fourth-order valence-corrected chi connectivity index (χ4v) is 4.24. The molecule has 1 aromatic heterocycles. The number of hydrogen-bond donors (Lipinski definition) is 3. The second-order valence-electron chi connectivity index (χ2n) is 8.46. The van der Waals surface area contributed by atoms with E-state index in [1.807, 2.05) is 50.2 Å². The van der Waals surface area contributed by atoms with Gasteiger partial charge in [0.25, 0.3) is 0 Å². The number of alkyl carbamates (subject to hydrolysis) is 1. The molecule has 1 amide bonds. The topological polar surface area (TPSA) is 118 Å². The van der Waals surface area contributed by atoms with Crippen molar-refractivity contribution in [2.45, 2.75) is 57.6 Å². The number of furan rings is 1. The van der Waals surface area contributed by atoms with Gasteiger partial charge in [-0.2, -0.15) is 0 Å². The van der Waals surface area contributed by atoms with Crippen LogP contribution in [0, 0.1) is 5.92 Å². The third-order valence-electron chi connectivity index (χ3n) is 5.01. The Kier molecular flexibility index (Phi) is 12.3. The molecule has 1 heterocycles. The second kappa shape index (κ2) is 15.2. The first-order valence-electron chi connectivity index (χ1n) is 11.4. The van der Waals surface area contributed by atoms with Crippen LogP contribution in [0.5, 0.6) is 0 Å². The van der Waals surface area contributed by atoms with Crippen LogP contribution in [0.1, 0.15) is 44.4 Å². The lowest BCUT2D eigenvalue weighted by Gasteiger charge is -2.24. The molecule has 9 heteroatoms. The van der Waals surface area contributed by atoms with Crippen LogP contribution in [0.4, 0.5) is 4.79 Å². The molecule has 2 rings (SSSR count). The summed E-state index contributed by atoms with van der Waals surface area (Å²) >= 11 is 1.42. The van der Waals surface area contributed by atoms with Crippen molar-refractivity contribution in [1.29, 1.82) is 0 Å². The minimum Gasteiger partial charge on any atom is -0.481 e. The highest BCUT2D eigenvalue weighted by atomic mass is 32.2. The van der Waals surface area contributed by atoms with E-state index in [2.05, 4.69) is 10.6 Å². The van der Waals surface area contributed by atoms with Crippen molar-refractivity contribution < 1.29 is 28.6 Å². The molecule has 0 spiro atoms. The number of carbonyl (C=O) groups is 3. The van der Waals surface area contributed by atoms with Crippen molar-refractivity contribution in [3.8, 4) is 0 Å². The predicted octanol–water partition coefficient (Wildman–Crippen LogP) is 4.25. The summed E-state index contributed by atoms with van der Waals surface area (Å²) in [7, 11) is 0. The SMILES string of the molecule is CC(C)CC(CNC(CCC(=O)O)C(=O)CSCc1ccco1)NC(=O)OCc1ccccc1. The number of carboxylic acid groups (broad SMARTS) is 1. The minimum atomic E-state index is -0.954. The van der Waals surface area contributed by atoms with Gasteiger partial charge in [0.1, 0.15) is 12.4 Å². The number of rotatable bonds is 16. The highest BCUT2D eigenvalue weighted by molar-refractivity contribution is 7.99. The van der Waals surface area contributed by atoms with Crippen LogP contribution in [0.15, 0.2) is 53.1 Å². The first kappa shape index (κ1) is 27.5. The molecule has 2 unspecified atom stereocenters. The van der Waals surface area contributed by atoms with Gasteiger partial charge in [-0.1, -0.05) is 44.2 Å². The Balaban J connectivity index is 1.88. The summed E-state index contributed by atoms with van der Waals surface area (Å²) in [4.78, 5) is 36.2. The molecular weight excluding hydrogens is 456 g/mol. The molecule has 1 aromatic carbocycles. The van der Waals surface area contributed by atoms with Crippen LogP contribution >= 0.6 is 11.8 Å². The zero-order valence-electron chi connectivity index (χ0n) is 19.7. The van der Waals surface area contributed by atoms with Gasteiger partial charge < -0.3 is 24.9 Å². The van der Waals surface area contributed by atoms with E-state index in [1.54, 1.807) is 12.3 Å². The molecule has 2 atom stereocenters. The number of nitrogens with one attached hydrogen (secondary N) is 2. The molecule has 0 aliphatic heterocycles. The smallest absolute Gasteiger partial charge is 0.407 e. The molecule has 3 N–H and O–H groups in total. The number of benzene rings is 1. The lowest BCUT2D eigenvalue weighted by Crippen LogP contribution is -2.48. The molecule has 34 heavy (non-hydrogen) atoms. The van der Waals surface area contributed by atoms with Gasteiger partial charge in [-0.15, -0.1) is 11.8 Å². The Bertz CT molecular complexity index is 873. The van der Waals surface area contributed by atoms with E-state index in [-0.39, 0.29) is 37.0 Å². The molecule has 186 valence electrons. The summed E-state index contributed by atoms with van der Waals surface area (Å²) in [5.74, 6) is 0.854. The Morgan fingerprint density at radius 2 is 1.88 bits per heavy atom. The summed E-state index contributed by atoms with van der Waals surface area (Å²) in [6, 6.07) is 12.2. The van der Waals surface area contributed by atoms with Crippen LogP contribution in [0.3, 0.4) is 0 Å². The number of carboxylic acids is 1. The van der Waals surface area contributed by atoms with E-state index in [0.717, 1.165) is 11.3 Å². The van der Waals surface area contributed by atoms with E-state index >= 15 is 0 Å². The quantitative estimate of drug-likeness (QED) is 0.320. The number of aliphatic carboxylic acids is 1. The molecule has 0 radical (unpaired) electrons. The van der Waals surface area contributed by atoms with E-state index < -0.39 is 18.1 Å². The summed E-state index contributed by atoms with van der Waals surface area (Å²) in [6.07, 6.45) is 1.80. The van der Waals surface area contributed by atoms with E-state index in [0.29, 0.717) is 24.6 Å². The number of ether oxygens (including phenoxy) is 1. The third-order valence-corrected chi connectivity index (χ3v) is 5.98. The predicted molar refractivity (Wildman–Crippen MR) is 132 cm³/mol. The Labute approximate surface area is 204 Å². The molecular formula is C25H34N2O6S. The number of hydrogen-bond acceptors (Lipinski definition) is 7. The van der Waals surface area contributed by atoms with Crippen molar-refractivity contribution in [3.63, 3.8) is 0 Å². The summed E-state index contributed by atoms with van der Waals surface area (Å²) in [5, 5.41) is 15.1. The molecule has 0 aliphatic carbocycles. The molecule has 0 bridgehead atoms. The molecule has 8 nitrogen and oxygen atoms in total. The monoisotopic (exact) mass is 490 g/mol. The van der Waals surface area contributed by atoms with Gasteiger partial charge in [0.2, 0.25) is 0 Å². The fourth-order valence-electron chi connectivity index (χ4n) is 3.37. The second-order valence-corrected chi connectivity index (χ2v) is 9.45. The third kappa shape index (κ3) is 11.4. The summed E-state index contributed by atoms with van der Waals surface area (Å²) in [6.45, 7) is 4.59. The van der Waals surface area contributed by atoms with Gasteiger partial charge >= 0.3 is 12.1 Å². The minimum absolute atomic E-state index is 0.0762. The van der Waals surface area contributed by atoms with Crippen LogP contribution in [0.25, 0.3) is 0 Å². The maximum Gasteiger partial charge on any atom is 0.407 e. The van der Waals surface area contributed by atoms with Crippen LogP contribution in [0.2, 0.25) is 0 Å². The maximum absolute atomic E-state index is 12.8. The largest absolute Gasteiger partial charge is 0.481 e. The van der Waals surface area contributed by atoms with Gasteiger partial charge in [0, 0.05) is 19.0 Å². The lowest BCUT2D eigenvalue weighted by molar-refractivity contribution is -0.137. The average molecular weight is 491 g/mol. The first-order valence-corrected chi connectivity index (χ1v) is 12.5. The summed E-state index contributed by atoms with van der Waals surface area (Å²) < 4.78 is 10.6. The highest BCUT2D eigenvalue weighted by Crippen LogP contribution is 2.14. The number of ketones is 1. The van der Waals surface area contributed by atoms with Crippen LogP contribution in [-0.4, -0.2) is 47.3 Å². The molecule has 0 saturated heterocycles. The standard InChI is InChI=1S/C25H34N2O6S/c1-18(2)13-20(27-25(31)33-15-19-7-4-3-5-8-19)14-26-22(10-11-24(29)30)23(28)17-34-16-21-9-6-12-32-21/h3-9,12,18,20,22,26H,10-11,13-17H2,1-2H3,(H,27,31)(H,29,30). The van der Waals surface area contributed by atoms with E-state index in [1.165, 1.54) is 11.8 Å².